The number of carbonyl (C=O) groups excluding carboxylic acids is 2. The quantitative estimate of drug-likeness (QED) is 0.608. The zero-order valence-electron chi connectivity index (χ0n) is 11.1. The normalized spacial score (nSPS) is 30.5. The molecule has 4 nitrogen and oxygen atoms in total. The number of imide groups is 1. The van der Waals surface area contributed by atoms with Gasteiger partial charge in [0.25, 0.3) is 0 Å². The summed E-state index contributed by atoms with van der Waals surface area (Å²) < 4.78 is 0. The third-order valence-electron chi connectivity index (χ3n) is 3.89. The van der Waals surface area contributed by atoms with E-state index in [1.165, 1.54) is 4.90 Å². The van der Waals surface area contributed by atoms with Crippen LogP contribution in [-0.2, 0) is 9.59 Å². The van der Waals surface area contributed by atoms with E-state index >= 15 is 0 Å². The first-order chi connectivity index (χ1) is 8.46. The minimum Gasteiger partial charge on any atom is -0.388 e. The summed E-state index contributed by atoms with van der Waals surface area (Å²) in [5.74, 6) is -0.601. The lowest BCUT2D eigenvalue weighted by atomic mass is 9.85. The van der Waals surface area contributed by atoms with Gasteiger partial charge in [0.1, 0.15) is 0 Å². The number of fused-ring (bicyclic) bond motifs is 1. The highest BCUT2D eigenvalue weighted by Crippen LogP contribution is 2.35. The summed E-state index contributed by atoms with van der Waals surface area (Å²) in [6.45, 7) is 3.80. The first-order valence-corrected chi connectivity index (χ1v) is 6.69. The van der Waals surface area contributed by atoms with E-state index in [0.29, 0.717) is 19.3 Å². The van der Waals surface area contributed by atoms with Crippen LogP contribution in [0.3, 0.4) is 0 Å². The summed E-state index contributed by atoms with van der Waals surface area (Å²) in [4.78, 5) is 25.7. The SMILES string of the molecule is CCCC(C)(O)CN1C(=O)[C@H]2CC=CC[C@H]2C1=O. The summed E-state index contributed by atoms with van der Waals surface area (Å²) in [6, 6.07) is 0. The predicted octanol–water partition coefficient (Wildman–Crippen LogP) is 1.49. The molecule has 2 rings (SSSR count). The molecular weight excluding hydrogens is 230 g/mol. The molecule has 1 heterocycles. The Hall–Kier alpha value is -1.16. The minimum atomic E-state index is -0.971. The van der Waals surface area contributed by atoms with Crippen molar-refractivity contribution in [2.45, 2.75) is 45.1 Å². The van der Waals surface area contributed by atoms with Gasteiger partial charge in [0.15, 0.2) is 0 Å². The van der Waals surface area contributed by atoms with Crippen molar-refractivity contribution in [1.29, 1.82) is 0 Å². The Morgan fingerprint density at radius 2 is 1.78 bits per heavy atom. The van der Waals surface area contributed by atoms with Crippen LogP contribution in [0.25, 0.3) is 0 Å². The van der Waals surface area contributed by atoms with Crippen molar-refractivity contribution in [3.8, 4) is 0 Å². The van der Waals surface area contributed by atoms with E-state index in [1.54, 1.807) is 6.92 Å². The number of rotatable bonds is 4. The summed E-state index contributed by atoms with van der Waals surface area (Å²) in [5, 5.41) is 10.2. The van der Waals surface area contributed by atoms with E-state index < -0.39 is 5.60 Å². The molecule has 0 aromatic rings. The number of carbonyl (C=O) groups is 2. The fourth-order valence-electron chi connectivity index (χ4n) is 2.98. The molecule has 1 unspecified atom stereocenters. The van der Waals surface area contributed by atoms with Crippen molar-refractivity contribution >= 4 is 11.8 Å². The third kappa shape index (κ3) is 2.34. The van der Waals surface area contributed by atoms with Crippen LogP contribution >= 0.6 is 0 Å². The van der Waals surface area contributed by atoms with Gasteiger partial charge in [0, 0.05) is 0 Å². The molecule has 3 atom stereocenters. The topological polar surface area (TPSA) is 57.6 Å². The second kappa shape index (κ2) is 4.84. The molecule has 18 heavy (non-hydrogen) atoms. The highest BCUT2D eigenvalue weighted by molar-refractivity contribution is 6.05. The van der Waals surface area contributed by atoms with Gasteiger partial charge in [-0.1, -0.05) is 25.5 Å². The molecule has 1 N–H and O–H groups in total. The molecule has 1 saturated heterocycles. The Morgan fingerprint density at radius 3 is 2.22 bits per heavy atom. The van der Waals surface area contributed by atoms with Gasteiger partial charge >= 0.3 is 0 Å². The van der Waals surface area contributed by atoms with Crippen molar-refractivity contribution < 1.29 is 14.7 Å². The molecule has 4 heteroatoms. The number of aliphatic hydroxyl groups is 1. The highest BCUT2D eigenvalue weighted by atomic mass is 16.3. The average Bonchev–Trinajstić information content (AvgIpc) is 2.55. The summed E-state index contributed by atoms with van der Waals surface area (Å²) >= 11 is 0. The van der Waals surface area contributed by atoms with Gasteiger partial charge < -0.3 is 5.11 Å². The van der Waals surface area contributed by atoms with Crippen LogP contribution < -0.4 is 0 Å². The molecule has 1 aliphatic heterocycles. The van der Waals surface area contributed by atoms with Crippen molar-refractivity contribution in [2.75, 3.05) is 6.54 Å². The third-order valence-corrected chi connectivity index (χ3v) is 3.89. The zero-order chi connectivity index (χ0) is 13.3. The lowest BCUT2D eigenvalue weighted by Gasteiger charge is -2.27. The molecule has 2 aliphatic rings. The van der Waals surface area contributed by atoms with Gasteiger partial charge in [-0.15, -0.1) is 0 Å². The van der Waals surface area contributed by atoms with Gasteiger partial charge in [-0.2, -0.15) is 0 Å². The maximum atomic E-state index is 12.2. The van der Waals surface area contributed by atoms with Gasteiger partial charge in [-0.3, -0.25) is 14.5 Å². The number of likely N-dealkylation sites (tertiary alicyclic amines) is 1. The monoisotopic (exact) mass is 251 g/mol. The Bertz CT molecular complexity index is 361. The van der Waals surface area contributed by atoms with Gasteiger partial charge in [0.2, 0.25) is 11.8 Å². The smallest absolute Gasteiger partial charge is 0.233 e. The molecule has 0 saturated carbocycles. The molecule has 1 aliphatic carbocycles. The summed E-state index contributed by atoms with van der Waals surface area (Å²) in [7, 11) is 0. The van der Waals surface area contributed by atoms with Gasteiger partial charge in [0.05, 0.1) is 24.0 Å². The molecule has 0 spiro atoms. The number of hydrogen-bond acceptors (Lipinski definition) is 3. The van der Waals surface area contributed by atoms with Crippen molar-refractivity contribution in [2.24, 2.45) is 11.8 Å². The fourth-order valence-corrected chi connectivity index (χ4v) is 2.98. The number of hydrogen-bond donors (Lipinski definition) is 1. The Morgan fingerprint density at radius 1 is 1.28 bits per heavy atom. The van der Waals surface area contributed by atoms with Crippen LogP contribution in [0.5, 0.6) is 0 Å². The van der Waals surface area contributed by atoms with E-state index in [1.807, 2.05) is 19.1 Å². The van der Waals surface area contributed by atoms with Crippen molar-refractivity contribution in [3.05, 3.63) is 12.2 Å². The van der Waals surface area contributed by atoms with E-state index in [4.69, 9.17) is 0 Å². The summed E-state index contributed by atoms with van der Waals surface area (Å²) in [5.41, 5.74) is -0.971. The summed E-state index contributed by atoms with van der Waals surface area (Å²) in [6.07, 6.45) is 6.68. The molecule has 0 bridgehead atoms. The molecule has 2 amide bonds. The van der Waals surface area contributed by atoms with Crippen LogP contribution in [0, 0.1) is 11.8 Å². The maximum Gasteiger partial charge on any atom is 0.233 e. The maximum absolute atomic E-state index is 12.2. The Kier molecular flexibility index (Phi) is 3.57. The Balaban J connectivity index is 2.11. The van der Waals surface area contributed by atoms with E-state index in [2.05, 4.69) is 0 Å². The first kappa shape index (κ1) is 13.3. The number of allylic oxidation sites excluding steroid dienone is 2. The molecular formula is C14H21NO3. The van der Waals surface area contributed by atoms with Crippen LogP contribution in [0.15, 0.2) is 12.2 Å². The average molecular weight is 251 g/mol. The van der Waals surface area contributed by atoms with Gasteiger partial charge in [-0.05, 0) is 26.2 Å². The number of amides is 2. The second-order valence-electron chi connectivity index (χ2n) is 5.67. The number of β-amino-alcohol motifs (C(OH)–C–C–N with tert-alkyl or cyclic N) is 1. The number of nitrogens with zero attached hydrogens (tertiary/aromatic N) is 1. The van der Waals surface area contributed by atoms with Gasteiger partial charge in [-0.25, -0.2) is 0 Å². The fraction of sp³-hybridized carbons (Fsp3) is 0.714. The van der Waals surface area contributed by atoms with Crippen molar-refractivity contribution in [3.63, 3.8) is 0 Å². The lowest BCUT2D eigenvalue weighted by molar-refractivity contribution is -0.143. The molecule has 100 valence electrons. The van der Waals surface area contributed by atoms with E-state index in [0.717, 1.165) is 6.42 Å². The zero-order valence-corrected chi connectivity index (χ0v) is 11.1. The van der Waals surface area contributed by atoms with E-state index in [9.17, 15) is 14.7 Å². The molecule has 0 radical (unpaired) electrons. The van der Waals surface area contributed by atoms with Crippen LogP contribution in [-0.4, -0.2) is 34.0 Å². The molecule has 0 aromatic carbocycles. The van der Waals surface area contributed by atoms with Crippen molar-refractivity contribution in [1.82, 2.24) is 4.90 Å². The second-order valence-corrected chi connectivity index (χ2v) is 5.67. The molecule has 0 aromatic heterocycles. The first-order valence-electron chi connectivity index (χ1n) is 6.69. The van der Waals surface area contributed by atoms with E-state index in [-0.39, 0.29) is 30.2 Å². The lowest BCUT2D eigenvalue weighted by Crippen LogP contribution is -2.44. The predicted molar refractivity (Wildman–Crippen MR) is 67.6 cm³/mol. The highest BCUT2D eigenvalue weighted by Gasteiger charge is 2.48. The van der Waals surface area contributed by atoms with Crippen LogP contribution in [0.1, 0.15) is 39.5 Å². The Labute approximate surface area is 108 Å². The minimum absolute atomic E-state index is 0.106. The largest absolute Gasteiger partial charge is 0.388 e. The standard InChI is InChI=1S/C14H21NO3/c1-3-8-14(2,18)9-15-12(16)10-6-4-5-7-11(10)13(15)17/h4-5,10-11,18H,3,6-9H2,1-2H3/t10-,11+,14?. The van der Waals surface area contributed by atoms with Crippen LogP contribution in [0.2, 0.25) is 0 Å². The molecule has 1 fully saturated rings. The van der Waals surface area contributed by atoms with Crippen LogP contribution in [0.4, 0.5) is 0 Å².